The van der Waals surface area contributed by atoms with E-state index in [9.17, 15) is 4.79 Å². The van der Waals surface area contributed by atoms with E-state index in [2.05, 4.69) is 43.3 Å². The number of hydrogen-bond donors (Lipinski definition) is 1. The molecule has 0 aliphatic carbocycles. The molecule has 1 amide bonds. The minimum absolute atomic E-state index is 0.0316. The van der Waals surface area contributed by atoms with Crippen molar-refractivity contribution in [1.82, 2.24) is 20.2 Å². The Morgan fingerprint density at radius 1 is 1.33 bits per heavy atom. The number of halogens is 1. The highest BCUT2D eigenvalue weighted by atomic mass is 127. The summed E-state index contributed by atoms with van der Waals surface area (Å²) >= 11 is 3.73. The van der Waals surface area contributed by atoms with Crippen LogP contribution in [0.15, 0.2) is 41.8 Å². The average molecular weight is 411 g/mol. The van der Waals surface area contributed by atoms with Crippen molar-refractivity contribution < 1.29 is 4.79 Å². The molecule has 6 nitrogen and oxygen atoms in total. The van der Waals surface area contributed by atoms with Gasteiger partial charge in [0, 0.05) is 9.26 Å². The molecule has 0 saturated heterocycles. The maximum atomic E-state index is 11.9. The van der Waals surface area contributed by atoms with Gasteiger partial charge in [0.1, 0.15) is 6.54 Å². The first-order valence-corrected chi connectivity index (χ1v) is 8.04. The fraction of sp³-hybridized carbons (Fsp3) is 0.0769. The predicted molar refractivity (Wildman–Crippen MR) is 88.9 cm³/mol. The van der Waals surface area contributed by atoms with Crippen LogP contribution in [0.4, 0.5) is 5.69 Å². The number of carbonyl (C=O) groups is 1. The number of carbonyl (C=O) groups excluding carboxylic acids is 1. The molecule has 0 aliphatic heterocycles. The SMILES string of the molecule is O=C(Cn1nnc(-c2cccs2)n1)Nc1cccc(I)c1. The average Bonchev–Trinajstić information content (AvgIpc) is 3.08. The molecule has 0 fully saturated rings. The molecule has 0 spiro atoms. The standard InChI is InChI=1S/C13H10IN5OS/c14-9-3-1-4-10(7-9)15-12(20)8-19-17-13(16-18-19)11-5-2-6-21-11/h1-7H,8H2,(H,15,20). The zero-order valence-corrected chi connectivity index (χ0v) is 13.7. The second-order valence-corrected chi connectivity index (χ2v) is 6.37. The van der Waals surface area contributed by atoms with Gasteiger partial charge in [-0.15, -0.1) is 21.5 Å². The smallest absolute Gasteiger partial charge is 0.248 e. The van der Waals surface area contributed by atoms with Gasteiger partial charge in [-0.2, -0.15) is 4.80 Å². The van der Waals surface area contributed by atoms with Gasteiger partial charge in [-0.05, 0) is 57.4 Å². The van der Waals surface area contributed by atoms with Crippen LogP contribution in [-0.4, -0.2) is 26.1 Å². The van der Waals surface area contributed by atoms with Gasteiger partial charge in [0.25, 0.3) is 0 Å². The lowest BCUT2D eigenvalue weighted by atomic mass is 10.3. The molecule has 3 aromatic rings. The molecule has 3 rings (SSSR count). The summed E-state index contributed by atoms with van der Waals surface area (Å²) in [7, 11) is 0. The fourth-order valence-electron chi connectivity index (χ4n) is 1.71. The van der Waals surface area contributed by atoms with Gasteiger partial charge in [-0.25, -0.2) is 0 Å². The van der Waals surface area contributed by atoms with E-state index in [0.717, 1.165) is 14.1 Å². The topological polar surface area (TPSA) is 72.7 Å². The largest absolute Gasteiger partial charge is 0.324 e. The van der Waals surface area contributed by atoms with Gasteiger partial charge in [-0.1, -0.05) is 12.1 Å². The summed E-state index contributed by atoms with van der Waals surface area (Å²) in [6.07, 6.45) is 0. The minimum atomic E-state index is -0.188. The molecular formula is C13H10IN5OS. The van der Waals surface area contributed by atoms with E-state index in [-0.39, 0.29) is 12.5 Å². The van der Waals surface area contributed by atoms with Crippen LogP contribution in [0.3, 0.4) is 0 Å². The van der Waals surface area contributed by atoms with Gasteiger partial charge in [-0.3, -0.25) is 4.79 Å². The van der Waals surface area contributed by atoms with E-state index in [1.807, 2.05) is 41.8 Å². The van der Waals surface area contributed by atoms with Gasteiger partial charge in [0.15, 0.2) is 0 Å². The number of nitrogens with zero attached hydrogens (tertiary/aromatic N) is 4. The third kappa shape index (κ3) is 3.64. The molecular weight excluding hydrogens is 401 g/mol. The van der Waals surface area contributed by atoms with Crippen LogP contribution in [0.5, 0.6) is 0 Å². The molecule has 2 aromatic heterocycles. The quantitative estimate of drug-likeness (QED) is 0.671. The third-order valence-corrected chi connectivity index (χ3v) is 4.12. The molecule has 0 saturated carbocycles. The molecule has 0 radical (unpaired) electrons. The van der Waals surface area contributed by atoms with Crippen LogP contribution in [-0.2, 0) is 11.3 Å². The van der Waals surface area contributed by atoms with Gasteiger partial charge < -0.3 is 5.32 Å². The summed E-state index contributed by atoms with van der Waals surface area (Å²) in [5.41, 5.74) is 0.755. The number of rotatable bonds is 4. The summed E-state index contributed by atoms with van der Waals surface area (Å²) in [6, 6.07) is 11.4. The van der Waals surface area contributed by atoms with Gasteiger partial charge in [0.2, 0.25) is 11.7 Å². The molecule has 1 aromatic carbocycles. The van der Waals surface area contributed by atoms with Crippen molar-refractivity contribution in [2.45, 2.75) is 6.54 Å². The Bertz CT molecular complexity index is 756. The van der Waals surface area contributed by atoms with E-state index in [1.54, 1.807) is 0 Å². The second-order valence-electron chi connectivity index (χ2n) is 4.18. The number of hydrogen-bond acceptors (Lipinski definition) is 5. The Labute approximate surface area is 138 Å². The third-order valence-electron chi connectivity index (χ3n) is 2.59. The zero-order chi connectivity index (χ0) is 14.7. The lowest BCUT2D eigenvalue weighted by Gasteiger charge is -2.04. The molecule has 8 heteroatoms. The van der Waals surface area contributed by atoms with E-state index in [0.29, 0.717) is 5.82 Å². The maximum absolute atomic E-state index is 11.9. The molecule has 106 valence electrons. The van der Waals surface area contributed by atoms with E-state index >= 15 is 0 Å². The summed E-state index contributed by atoms with van der Waals surface area (Å²) in [5, 5.41) is 16.8. The zero-order valence-electron chi connectivity index (χ0n) is 10.7. The van der Waals surface area contributed by atoms with Crippen LogP contribution in [0, 0.1) is 3.57 Å². The summed E-state index contributed by atoms with van der Waals surface area (Å²) in [4.78, 5) is 14.2. The van der Waals surface area contributed by atoms with Crippen molar-refractivity contribution in [1.29, 1.82) is 0 Å². The highest BCUT2D eigenvalue weighted by molar-refractivity contribution is 14.1. The number of amides is 1. The van der Waals surface area contributed by atoms with Crippen molar-refractivity contribution in [2.75, 3.05) is 5.32 Å². The lowest BCUT2D eigenvalue weighted by molar-refractivity contribution is -0.117. The Balaban J connectivity index is 1.65. The van der Waals surface area contributed by atoms with Crippen LogP contribution >= 0.6 is 33.9 Å². The summed E-state index contributed by atoms with van der Waals surface area (Å²) in [6.45, 7) is 0.0316. The Hall–Kier alpha value is -1.81. The van der Waals surface area contributed by atoms with Crippen molar-refractivity contribution in [3.05, 3.63) is 45.3 Å². The monoisotopic (exact) mass is 411 g/mol. The van der Waals surface area contributed by atoms with E-state index < -0.39 is 0 Å². The number of anilines is 1. The molecule has 0 bridgehead atoms. The maximum Gasteiger partial charge on any atom is 0.248 e. The normalized spacial score (nSPS) is 10.5. The number of nitrogens with one attached hydrogen (secondary N) is 1. The summed E-state index contributed by atoms with van der Waals surface area (Å²) in [5.74, 6) is 0.346. The van der Waals surface area contributed by atoms with E-state index in [1.165, 1.54) is 16.1 Å². The fourth-order valence-corrected chi connectivity index (χ4v) is 2.90. The van der Waals surface area contributed by atoms with Gasteiger partial charge in [0.05, 0.1) is 4.88 Å². The first-order valence-electron chi connectivity index (χ1n) is 6.08. The number of benzene rings is 1. The van der Waals surface area contributed by atoms with Crippen molar-refractivity contribution in [3.63, 3.8) is 0 Å². The summed E-state index contributed by atoms with van der Waals surface area (Å²) < 4.78 is 1.06. The van der Waals surface area contributed by atoms with Crippen molar-refractivity contribution >= 4 is 45.5 Å². The van der Waals surface area contributed by atoms with Crippen LogP contribution in [0.2, 0.25) is 0 Å². The van der Waals surface area contributed by atoms with Crippen LogP contribution in [0.25, 0.3) is 10.7 Å². The number of aromatic nitrogens is 4. The molecule has 1 N–H and O–H groups in total. The van der Waals surface area contributed by atoms with Crippen molar-refractivity contribution in [2.24, 2.45) is 0 Å². The first kappa shape index (κ1) is 14.1. The molecule has 0 atom stereocenters. The predicted octanol–water partition coefficient (Wildman–Crippen LogP) is 2.64. The van der Waals surface area contributed by atoms with Gasteiger partial charge >= 0.3 is 0 Å². The van der Waals surface area contributed by atoms with Crippen LogP contribution in [0.1, 0.15) is 0 Å². The molecule has 0 unspecified atom stereocenters. The lowest BCUT2D eigenvalue weighted by Crippen LogP contribution is -2.20. The second kappa shape index (κ2) is 6.31. The highest BCUT2D eigenvalue weighted by Gasteiger charge is 2.10. The molecule has 21 heavy (non-hydrogen) atoms. The minimum Gasteiger partial charge on any atom is -0.324 e. The van der Waals surface area contributed by atoms with E-state index in [4.69, 9.17) is 0 Å². The Morgan fingerprint density at radius 2 is 2.24 bits per heavy atom. The molecule has 0 aliphatic rings. The molecule has 2 heterocycles. The Morgan fingerprint density at radius 3 is 3.00 bits per heavy atom. The number of thiophene rings is 1. The van der Waals surface area contributed by atoms with Crippen molar-refractivity contribution in [3.8, 4) is 10.7 Å². The highest BCUT2D eigenvalue weighted by Crippen LogP contribution is 2.19. The number of tetrazole rings is 1. The first-order chi connectivity index (χ1) is 10.2. The Kier molecular flexibility index (Phi) is 4.25. The van der Waals surface area contributed by atoms with Crippen LogP contribution < -0.4 is 5.32 Å².